The standard InChI is InChI=1S/C32H31N5O3S2/c1-22-7-6-15-36-28(22)33-29(35-19-17-34(18-20-35)24-10-12-25(40-2)13-11-24)26(30(36)38)21-27-31(39)37(32(41)42-27)16-14-23-8-4-3-5-9-23/h3-13,15,21H,14,16-20H2,1-2H3/b27-21+. The van der Waals surface area contributed by atoms with Gasteiger partial charge in [-0.2, -0.15) is 0 Å². The molecule has 0 N–H and O–H groups in total. The average Bonchev–Trinajstić information content (AvgIpc) is 3.29. The molecular formula is C32H31N5O3S2. The number of hydrogen-bond donors (Lipinski definition) is 0. The minimum Gasteiger partial charge on any atom is -0.497 e. The number of nitrogens with zero attached hydrogens (tertiary/aromatic N) is 5. The SMILES string of the molecule is COc1ccc(N2CCN(c3nc4c(C)cccn4c(=O)c3/C=C3/SC(=S)N(CCc4ccccc4)C3=O)CC2)cc1. The number of benzene rings is 2. The Labute approximate surface area is 254 Å². The predicted molar refractivity (Wildman–Crippen MR) is 174 cm³/mol. The molecule has 4 aromatic rings. The van der Waals surface area contributed by atoms with Crippen molar-refractivity contribution >= 4 is 57.4 Å². The van der Waals surface area contributed by atoms with Crippen LogP contribution in [0.3, 0.4) is 0 Å². The van der Waals surface area contributed by atoms with Gasteiger partial charge in [-0.25, -0.2) is 4.98 Å². The molecule has 10 heteroatoms. The van der Waals surface area contributed by atoms with E-state index in [1.165, 1.54) is 11.8 Å². The molecule has 8 nitrogen and oxygen atoms in total. The Morgan fingerprint density at radius 3 is 2.38 bits per heavy atom. The van der Waals surface area contributed by atoms with Crippen LogP contribution in [0.25, 0.3) is 11.7 Å². The summed E-state index contributed by atoms with van der Waals surface area (Å²) in [6.45, 7) is 5.33. The van der Waals surface area contributed by atoms with Gasteiger partial charge in [-0.15, -0.1) is 0 Å². The Kier molecular flexibility index (Phi) is 7.99. The Bertz CT molecular complexity index is 1730. The number of anilines is 2. The normalized spacial score (nSPS) is 16.6. The van der Waals surface area contributed by atoms with E-state index in [4.69, 9.17) is 21.9 Å². The van der Waals surface area contributed by atoms with Crippen molar-refractivity contribution in [3.63, 3.8) is 0 Å². The third-order valence-electron chi connectivity index (χ3n) is 7.70. The first-order chi connectivity index (χ1) is 20.4. The minimum absolute atomic E-state index is 0.176. The summed E-state index contributed by atoms with van der Waals surface area (Å²) in [5.41, 5.74) is 3.98. The quantitative estimate of drug-likeness (QED) is 0.223. The fraction of sp³-hybridized carbons (Fsp3) is 0.250. The largest absolute Gasteiger partial charge is 0.497 e. The molecule has 0 aliphatic carbocycles. The van der Waals surface area contributed by atoms with Gasteiger partial charge in [0.2, 0.25) is 0 Å². The van der Waals surface area contributed by atoms with Crippen LogP contribution in [0.1, 0.15) is 16.7 Å². The molecule has 4 heterocycles. The molecule has 0 radical (unpaired) electrons. The smallest absolute Gasteiger partial charge is 0.267 e. The van der Waals surface area contributed by atoms with Gasteiger partial charge in [-0.3, -0.25) is 18.9 Å². The molecule has 2 aromatic heterocycles. The molecule has 2 aliphatic heterocycles. The number of pyridine rings is 1. The molecule has 0 atom stereocenters. The van der Waals surface area contributed by atoms with Gasteiger partial charge in [0.15, 0.2) is 0 Å². The number of ether oxygens (including phenoxy) is 1. The molecule has 0 unspecified atom stereocenters. The molecule has 0 saturated carbocycles. The van der Waals surface area contributed by atoms with Crippen LogP contribution in [0.2, 0.25) is 0 Å². The average molecular weight is 598 g/mol. The lowest BCUT2D eigenvalue weighted by atomic mass is 10.1. The molecule has 0 spiro atoms. The first-order valence-electron chi connectivity index (χ1n) is 13.9. The van der Waals surface area contributed by atoms with Crippen molar-refractivity contribution in [2.75, 3.05) is 49.6 Å². The summed E-state index contributed by atoms with van der Waals surface area (Å²) in [7, 11) is 1.66. The lowest BCUT2D eigenvalue weighted by molar-refractivity contribution is -0.122. The van der Waals surface area contributed by atoms with E-state index in [9.17, 15) is 9.59 Å². The molecule has 2 aliphatic rings. The lowest BCUT2D eigenvalue weighted by Gasteiger charge is -2.37. The zero-order chi connectivity index (χ0) is 29.2. The zero-order valence-corrected chi connectivity index (χ0v) is 25.2. The number of hydrogen-bond acceptors (Lipinski definition) is 8. The number of rotatable bonds is 7. The second-order valence-corrected chi connectivity index (χ2v) is 12.0. The van der Waals surface area contributed by atoms with Crippen LogP contribution in [0.5, 0.6) is 5.75 Å². The molecule has 42 heavy (non-hydrogen) atoms. The van der Waals surface area contributed by atoms with E-state index < -0.39 is 0 Å². The van der Waals surface area contributed by atoms with Gasteiger partial charge in [0.25, 0.3) is 11.5 Å². The molecular weight excluding hydrogens is 567 g/mol. The Hall–Kier alpha value is -4.15. The Morgan fingerprint density at radius 2 is 1.67 bits per heavy atom. The minimum atomic E-state index is -0.203. The number of methoxy groups -OCH3 is 1. The number of aromatic nitrogens is 2. The van der Waals surface area contributed by atoms with E-state index in [1.807, 2.05) is 61.5 Å². The van der Waals surface area contributed by atoms with Crippen LogP contribution < -0.4 is 20.1 Å². The number of thioether (sulfide) groups is 1. The van der Waals surface area contributed by atoms with Crippen LogP contribution in [-0.2, 0) is 11.2 Å². The van der Waals surface area contributed by atoms with Gasteiger partial charge in [-0.05, 0) is 60.9 Å². The van der Waals surface area contributed by atoms with Gasteiger partial charge in [-0.1, -0.05) is 60.4 Å². The number of carbonyl (C=O) groups is 1. The van der Waals surface area contributed by atoms with Crippen molar-refractivity contribution < 1.29 is 9.53 Å². The predicted octanol–water partition coefficient (Wildman–Crippen LogP) is 4.78. The van der Waals surface area contributed by atoms with Crippen LogP contribution in [0.15, 0.2) is 82.6 Å². The van der Waals surface area contributed by atoms with E-state index >= 15 is 0 Å². The number of aryl methyl sites for hydroxylation is 1. The molecule has 1 amide bonds. The van der Waals surface area contributed by atoms with E-state index in [1.54, 1.807) is 28.7 Å². The monoisotopic (exact) mass is 597 g/mol. The zero-order valence-electron chi connectivity index (χ0n) is 23.5. The van der Waals surface area contributed by atoms with Gasteiger partial charge < -0.3 is 14.5 Å². The second-order valence-electron chi connectivity index (χ2n) is 10.3. The van der Waals surface area contributed by atoms with Gasteiger partial charge in [0.05, 0.1) is 17.6 Å². The summed E-state index contributed by atoms with van der Waals surface area (Å²) >= 11 is 6.83. The molecule has 6 rings (SSSR count). The summed E-state index contributed by atoms with van der Waals surface area (Å²) in [6, 6.07) is 21.9. The second kappa shape index (κ2) is 12.0. The molecule has 214 valence electrons. The van der Waals surface area contributed by atoms with Gasteiger partial charge >= 0.3 is 0 Å². The topological polar surface area (TPSA) is 70.4 Å². The van der Waals surface area contributed by atoms with Crippen molar-refractivity contribution in [3.8, 4) is 5.75 Å². The fourth-order valence-corrected chi connectivity index (χ4v) is 6.64. The molecule has 0 bridgehead atoms. The highest BCUT2D eigenvalue weighted by atomic mass is 32.2. The van der Waals surface area contributed by atoms with Gasteiger partial charge in [0, 0.05) is 44.6 Å². The van der Waals surface area contributed by atoms with Crippen LogP contribution in [-0.4, -0.2) is 64.3 Å². The molecule has 2 aromatic carbocycles. The van der Waals surface area contributed by atoms with E-state index in [-0.39, 0.29) is 11.5 Å². The molecule has 2 saturated heterocycles. The number of fused-ring (bicyclic) bond motifs is 1. The van der Waals surface area contributed by atoms with Crippen LogP contribution in [0.4, 0.5) is 11.5 Å². The summed E-state index contributed by atoms with van der Waals surface area (Å²) in [6.07, 6.45) is 4.12. The Morgan fingerprint density at radius 1 is 0.952 bits per heavy atom. The van der Waals surface area contributed by atoms with E-state index in [2.05, 4.69) is 21.9 Å². The fourth-order valence-electron chi connectivity index (χ4n) is 5.35. The maximum Gasteiger partial charge on any atom is 0.267 e. The maximum atomic E-state index is 13.9. The maximum absolute atomic E-state index is 13.9. The number of piperazine rings is 1. The Balaban J connectivity index is 1.30. The van der Waals surface area contributed by atoms with Crippen LogP contribution in [0, 0.1) is 6.92 Å². The third kappa shape index (κ3) is 5.52. The molecule has 2 fully saturated rings. The highest BCUT2D eigenvalue weighted by molar-refractivity contribution is 8.26. The summed E-state index contributed by atoms with van der Waals surface area (Å²) in [5, 5.41) is 0. The summed E-state index contributed by atoms with van der Waals surface area (Å²) in [5.74, 6) is 1.24. The first kappa shape index (κ1) is 28.0. The first-order valence-corrected chi connectivity index (χ1v) is 15.1. The summed E-state index contributed by atoms with van der Waals surface area (Å²) < 4.78 is 7.37. The van der Waals surface area contributed by atoms with Gasteiger partial charge in [0.1, 0.15) is 21.5 Å². The van der Waals surface area contributed by atoms with Crippen molar-refractivity contribution in [2.45, 2.75) is 13.3 Å². The highest BCUT2D eigenvalue weighted by Gasteiger charge is 2.33. The van der Waals surface area contributed by atoms with Crippen molar-refractivity contribution in [1.29, 1.82) is 0 Å². The number of thiocarbonyl (C=S) groups is 1. The van der Waals surface area contributed by atoms with E-state index in [0.29, 0.717) is 52.3 Å². The summed E-state index contributed by atoms with van der Waals surface area (Å²) in [4.78, 5) is 38.9. The lowest BCUT2D eigenvalue weighted by Crippen LogP contribution is -2.47. The number of carbonyl (C=O) groups excluding carboxylic acids is 1. The third-order valence-corrected chi connectivity index (χ3v) is 9.07. The van der Waals surface area contributed by atoms with Crippen molar-refractivity contribution in [1.82, 2.24) is 14.3 Å². The highest BCUT2D eigenvalue weighted by Crippen LogP contribution is 2.34. The van der Waals surface area contributed by atoms with Crippen molar-refractivity contribution in [3.05, 3.63) is 105 Å². The number of amides is 1. The van der Waals surface area contributed by atoms with Crippen LogP contribution >= 0.6 is 24.0 Å². The van der Waals surface area contributed by atoms with Crippen molar-refractivity contribution in [2.24, 2.45) is 0 Å². The van der Waals surface area contributed by atoms with E-state index in [0.717, 1.165) is 35.7 Å².